The Kier molecular flexibility index (Phi) is 5.72. The number of phenolic OH excluding ortho intramolecular Hbond substituents is 1. The maximum absolute atomic E-state index is 12.3. The Hall–Kier alpha value is -2.14. The second-order valence-electron chi connectivity index (χ2n) is 4.67. The van der Waals surface area contributed by atoms with Gasteiger partial charge in [-0.05, 0) is 50.2 Å². The number of amides is 1. The maximum Gasteiger partial charge on any atom is 0.237 e. The van der Waals surface area contributed by atoms with Crippen LogP contribution in [-0.4, -0.2) is 22.9 Å². The van der Waals surface area contributed by atoms with E-state index in [0.717, 1.165) is 4.90 Å². The van der Waals surface area contributed by atoms with Crippen molar-refractivity contribution in [2.45, 2.75) is 24.0 Å². The summed E-state index contributed by atoms with van der Waals surface area (Å²) in [5.74, 6) is 0.789. The van der Waals surface area contributed by atoms with E-state index in [-0.39, 0.29) is 16.9 Å². The molecule has 0 aliphatic rings. The first-order chi connectivity index (χ1) is 10.6. The summed E-state index contributed by atoms with van der Waals surface area (Å²) >= 11 is 1.43. The summed E-state index contributed by atoms with van der Waals surface area (Å²) in [4.78, 5) is 13.2. The van der Waals surface area contributed by atoms with Crippen molar-refractivity contribution in [2.24, 2.45) is 0 Å². The molecule has 1 atom stereocenters. The van der Waals surface area contributed by atoms with Gasteiger partial charge in [-0.3, -0.25) is 4.79 Å². The van der Waals surface area contributed by atoms with Gasteiger partial charge in [-0.2, -0.15) is 0 Å². The van der Waals surface area contributed by atoms with Crippen molar-refractivity contribution in [3.63, 3.8) is 0 Å². The van der Waals surface area contributed by atoms with Crippen molar-refractivity contribution < 1.29 is 14.6 Å². The summed E-state index contributed by atoms with van der Waals surface area (Å²) in [6, 6.07) is 14.2. The van der Waals surface area contributed by atoms with Crippen LogP contribution in [0.3, 0.4) is 0 Å². The molecule has 0 aliphatic carbocycles. The van der Waals surface area contributed by atoms with Gasteiger partial charge in [0.15, 0.2) is 0 Å². The molecule has 1 amide bonds. The minimum atomic E-state index is -0.265. The highest BCUT2D eigenvalue weighted by molar-refractivity contribution is 8.00. The van der Waals surface area contributed by atoms with Crippen molar-refractivity contribution in [3.8, 4) is 11.5 Å². The van der Waals surface area contributed by atoms with E-state index >= 15 is 0 Å². The SMILES string of the molecule is CCOc1ccccc1NC(=O)C(C)Sc1ccc(O)cc1. The van der Waals surface area contributed by atoms with Crippen LogP contribution in [0.5, 0.6) is 11.5 Å². The Morgan fingerprint density at radius 3 is 2.59 bits per heavy atom. The van der Waals surface area contributed by atoms with Crippen LogP contribution in [0.25, 0.3) is 0 Å². The predicted molar refractivity (Wildman–Crippen MR) is 89.7 cm³/mol. The Morgan fingerprint density at radius 2 is 1.91 bits per heavy atom. The Labute approximate surface area is 134 Å². The molecule has 1 unspecified atom stereocenters. The molecule has 2 N–H and O–H groups in total. The summed E-state index contributed by atoms with van der Waals surface area (Å²) in [5.41, 5.74) is 0.674. The summed E-state index contributed by atoms with van der Waals surface area (Å²) in [6.07, 6.45) is 0. The van der Waals surface area contributed by atoms with Crippen LogP contribution in [0.1, 0.15) is 13.8 Å². The fraction of sp³-hybridized carbons (Fsp3) is 0.235. The molecule has 0 bridgehead atoms. The molecule has 22 heavy (non-hydrogen) atoms. The number of hydrogen-bond donors (Lipinski definition) is 2. The first kappa shape index (κ1) is 16.2. The van der Waals surface area contributed by atoms with E-state index in [1.165, 1.54) is 11.8 Å². The molecule has 0 spiro atoms. The number of benzene rings is 2. The average molecular weight is 317 g/mol. The molecule has 0 aromatic heterocycles. The van der Waals surface area contributed by atoms with Crippen molar-refractivity contribution in [3.05, 3.63) is 48.5 Å². The summed E-state index contributed by atoms with van der Waals surface area (Å²) in [7, 11) is 0. The maximum atomic E-state index is 12.3. The highest BCUT2D eigenvalue weighted by Gasteiger charge is 2.16. The van der Waals surface area contributed by atoms with E-state index in [9.17, 15) is 9.90 Å². The van der Waals surface area contributed by atoms with E-state index in [2.05, 4.69) is 5.32 Å². The van der Waals surface area contributed by atoms with Crippen molar-refractivity contribution in [1.82, 2.24) is 0 Å². The molecule has 0 fully saturated rings. The van der Waals surface area contributed by atoms with Gasteiger partial charge < -0.3 is 15.2 Å². The Morgan fingerprint density at radius 1 is 1.23 bits per heavy atom. The number of anilines is 1. The van der Waals surface area contributed by atoms with Crippen LogP contribution in [0.4, 0.5) is 5.69 Å². The van der Waals surface area contributed by atoms with Gasteiger partial charge in [-0.1, -0.05) is 12.1 Å². The van der Waals surface area contributed by atoms with Crippen molar-refractivity contribution in [2.75, 3.05) is 11.9 Å². The fourth-order valence-corrected chi connectivity index (χ4v) is 2.74. The number of carbonyl (C=O) groups excluding carboxylic acids is 1. The lowest BCUT2D eigenvalue weighted by molar-refractivity contribution is -0.115. The predicted octanol–water partition coefficient (Wildman–Crippen LogP) is 3.91. The zero-order valence-electron chi connectivity index (χ0n) is 12.6. The lowest BCUT2D eigenvalue weighted by atomic mass is 10.3. The van der Waals surface area contributed by atoms with Gasteiger partial charge in [0.1, 0.15) is 11.5 Å². The molecule has 2 rings (SSSR count). The molecule has 0 saturated heterocycles. The third kappa shape index (κ3) is 4.43. The number of phenols is 1. The van der Waals surface area contributed by atoms with Crippen molar-refractivity contribution >= 4 is 23.4 Å². The van der Waals surface area contributed by atoms with E-state index < -0.39 is 0 Å². The fourth-order valence-electron chi connectivity index (χ4n) is 1.87. The highest BCUT2D eigenvalue weighted by Crippen LogP contribution is 2.28. The summed E-state index contributed by atoms with van der Waals surface area (Å²) < 4.78 is 5.50. The average Bonchev–Trinajstić information content (AvgIpc) is 2.51. The molecule has 0 aliphatic heterocycles. The first-order valence-corrected chi connectivity index (χ1v) is 7.96. The second-order valence-corrected chi connectivity index (χ2v) is 6.09. The molecule has 2 aromatic rings. The topological polar surface area (TPSA) is 58.6 Å². The van der Waals surface area contributed by atoms with Gasteiger partial charge in [0.2, 0.25) is 5.91 Å². The molecule has 0 radical (unpaired) electrons. The summed E-state index contributed by atoms with van der Waals surface area (Å²) in [6.45, 7) is 4.29. The third-order valence-electron chi connectivity index (χ3n) is 2.96. The minimum Gasteiger partial charge on any atom is -0.508 e. The monoisotopic (exact) mass is 317 g/mol. The molecular formula is C17H19NO3S. The number of carbonyl (C=O) groups is 1. The number of ether oxygens (including phenoxy) is 1. The molecule has 4 nitrogen and oxygen atoms in total. The van der Waals surface area contributed by atoms with Gasteiger partial charge >= 0.3 is 0 Å². The first-order valence-electron chi connectivity index (χ1n) is 7.08. The van der Waals surface area contributed by atoms with Gasteiger partial charge in [-0.15, -0.1) is 11.8 Å². The van der Waals surface area contributed by atoms with Crippen LogP contribution < -0.4 is 10.1 Å². The molecule has 116 valence electrons. The van der Waals surface area contributed by atoms with Crippen LogP contribution in [0.15, 0.2) is 53.4 Å². The zero-order chi connectivity index (χ0) is 15.9. The van der Waals surface area contributed by atoms with E-state index in [0.29, 0.717) is 18.0 Å². The molecule has 0 saturated carbocycles. The Bertz CT molecular complexity index is 628. The quantitative estimate of drug-likeness (QED) is 0.793. The summed E-state index contributed by atoms with van der Waals surface area (Å²) in [5, 5.41) is 11.9. The molecule has 0 heterocycles. The van der Waals surface area contributed by atoms with Crippen LogP contribution in [0.2, 0.25) is 0 Å². The van der Waals surface area contributed by atoms with Gasteiger partial charge in [0.25, 0.3) is 0 Å². The number of thioether (sulfide) groups is 1. The molecule has 2 aromatic carbocycles. The number of hydrogen-bond acceptors (Lipinski definition) is 4. The largest absolute Gasteiger partial charge is 0.508 e. The Balaban J connectivity index is 2.01. The van der Waals surface area contributed by atoms with Crippen LogP contribution in [0, 0.1) is 0 Å². The molecule has 5 heteroatoms. The van der Waals surface area contributed by atoms with Crippen LogP contribution in [-0.2, 0) is 4.79 Å². The van der Waals surface area contributed by atoms with Crippen molar-refractivity contribution in [1.29, 1.82) is 0 Å². The van der Waals surface area contributed by atoms with E-state index in [1.807, 2.05) is 38.1 Å². The van der Waals surface area contributed by atoms with Gasteiger partial charge in [0, 0.05) is 4.90 Å². The number of aromatic hydroxyl groups is 1. The highest BCUT2D eigenvalue weighted by atomic mass is 32.2. The van der Waals surface area contributed by atoms with Gasteiger partial charge in [0.05, 0.1) is 17.5 Å². The zero-order valence-corrected chi connectivity index (χ0v) is 13.4. The lowest BCUT2D eigenvalue weighted by Gasteiger charge is -2.14. The lowest BCUT2D eigenvalue weighted by Crippen LogP contribution is -2.22. The molecular weight excluding hydrogens is 298 g/mol. The normalized spacial score (nSPS) is 11.7. The number of para-hydroxylation sites is 2. The third-order valence-corrected chi connectivity index (χ3v) is 4.08. The standard InChI is InChI=1S/C17H19NO3S/c1-3-21-16-7-5-4-6-15(16)18-17(20)12(2)22-14-10-8-13(19)9-11-14/h4-12,19H,3H2,1-2H3,(H,18,20). The smallest absolute Gasteiger partial charge is 0.237 e. The number of rotatable bonds is 6. The van der Waals surface area contributed by atoms with E-state index in [4.69, 9.17) is 4.74 Å². The van der Waals surface area contributed by atoms with E-state index in [1.54, 1.807) is 24.3 Å². The minimum absolute atomic E-state index is 0.0924. The second kappa shape index (κ2) is 7.75. The number of nitrogens with one attached hydrogen (secondary N) is 1. The van der Waals surface area contributed by atoms with Crippen LogP contribution >= 0.6 is 11.8 Å². The van der Waals surface area contributed by atoms with Gasteiger partial charge in [-0.25, -0.2) is 0 Å².